The van der Waals surface area contributed by atoms with Crippen LogP contribution >= 0.6 is 11.3 Å². The summed E-state index contributed by atoms with van der Waals surface area (Å²) in [6, 6.07) is 7.28. The Morgan fingerprint density at radius 2 is 2.10 bits per heavy atom. The zero-order chi connectivity index (χ0) is 15.6. The van der Waals surface area contributed by atoms with Gasteiger partial charge in [-0.3, -0.25) is 4.79 Å². The standard InChI is InChI=1S/C14H14N2O4S/c1-8(17)12-11(13(18)19)15-14(21-12)16(2)9-5-4-6-10(7-9)20-3/h4-7H,1-3H3,(H,18,19). The molecule has 0 aliphatic carbocycles. The third-order valence-electron chi connectivity index (χ3n) is 2.87. The fourth-order valence-electron chi connectivity index (χ4n) is 1.77. The minimum Gasteiger partial charge on any atom is -0.497 e. The molecule has 2 rings (SSSR count). The van der Waals surface area contributed by atoms with Crippen molar-refractivity contribution in [2.45, 2.75) is 6.92 Å². The molecule has 21 heavy (non-hydrogen) atoms. The number of carbonyl (C=O) groups is 2. The molecule has 1 heterocycles. The maximum atomic E-state index is 11.5. The number of methoxy groups -OCH3 is 1. The number of rotatable bonds is 5. The average molecular weight is 306 g/mol. The minimum atomic E-state index is -1.21. The first kappa shape index (κ1) is 15.0. The molecule has 0 unspecified atom stereocenters. The lowest BCUT2D eigenvalue weighted by Gasteiger charge is -2.16. The molecule has 0 atom stereocenters. The molecular formula is C14H14N2O4S. The number of thiazole rings is 1. The summed E-state index contributed by atoms with van der Waals surface area (Å²) < 4.78 is 5.15. The van der Waals surface area contributed by atoms with Gasteiger partial charge in [0.1, 0.15) is 10.6 Å². The third kappa shape index (κ3) is 3.03. The molecule has 6 nitrogen and oxygen atoms in total. The first-order valence-electron chi connectivity index (χ1n) is 6.07. The van der Waals surface area contributed by atoms with Gasteiger partial charge in [-0.2, -0.15) is 0 Å². The molecule has 0 saturated carbocycles. The van der Waals surface area contributed by atoms with Crippen molar-refractivity contribution in [3.8, 4) is 5.75 Å². The van der Waals surface area contributed by atoms with Gasteiger partial charge in [-0.25, -0.2) is 9.78 Å². The number of carbonyl (C=O) groups excluding carboxylic acids is 1. The highest BCUT2D eigenvalue weighted by Gasteiger charge is 2.22. The third-order valence-corrected chi connectivity index (χ3v) is 4.10. The van der Waals surface area contributed by atoms with Crippen LogP contribution in [0.25, 0.3) is 0 Å². The summed E-state index contributed by atoms with van der Waals surface area (Å²) in [5.41, 5.74) is 0.576. The molecule has 0 radical (unpaired) electrons. The van der Waals surface area contributed by atoms with Crippen LogP contribution in [0.3, 0.4) is 0 Å². The number of Topliss-reactive ketones (excluding diaryl/α,β-unsaturated/α-hetero) is 1. The summed E-state index contributed by atoms with van der Waals surface area (Å²) in [5, 5.41) is 9.55. The van der Waals surface area contributed by atoms with Crippen molar-refractivity contribution < 1.29 is 19.4 Å². The highest BCUT2D eigenvalue weighted by Crippen LogP contribution is 2.32. The Kier molecular flexibility index (Phi) is 4.23. The van der Waals surface area contributed by atoms with Gasteiger partial charge < -0.3 is 14.7 Å². The van der Waals surface area contributed by atoms with Crippen LogP contribution in [-0.2, 0) is 0 Å². The molecule has 2 aromatic rings. The zero-order valence-corrected chi connectivity index (χ0v) is 12.6. The molecular weight excluding hydrogens is 292 g/mol. The lowest BCUT2D eigenvalue weighted by molar-refractivity contribution is 0.0687. The fourth-order valence-corrected chi connectivity index (χ4v) is 2.70. The van der Waals surface area contributed by atoms with Crippen molar-refractivity contribution in [2.24, 2.45) is 0 Å². The van der Waals surface area contributed by atoms with Crippen LogP contribution in [0.5, 0.6) is 5.75 Å². The molecule has 1 N–H and O–H groups in total. The molecule has 7 heteroatoms. The Hall–Kier alpha value is -2.41. The van der Waals surface area contributed by atoms with Crippen molar-refractivity contribution in [2.75, 3.05) is 19.1 Å². The van der Waals surface area contributed by atoms with E-state index in [1.807, 2.05) is 18.2 Å². The number of ether oxygens (including phenoxy) is 1. The highest BCUT2D eigenvalue weighted by molar-refractivity contribution is 7.17. The number of ketones is 1. The molecule has 0 saturated heterocycles. The quantitative estimate of drug-likeness (QED) is 0.856. The van der Waals surface area contributed by atoms with Crippen LogP contribution in [0, 0.1) is 0 Å². The van der Waals surface area contributed by atoms with Crippen LogP contribution in [-0.4, -0.2) is 36.0 Å². The van der Waals surface area contributed by atoms with Gasteiger partial charge in [-0.05, 0) is 12.1 Å². The van der Waals surface area contributed by atoms with E-state index in [1.165, 1.54) is 6.92 Å². The van der Waals surface area contributed by atoms with Crippen LogP contribution in [0.1, 0.15) is 27.1 Å². The van der Waals surface area contributed by atoms with Crippen LogP contribution in [0.2, 0.25) is 0 Å². The van der Waals surface area contributed by atoms with Gasteiger partial charge in [0.25, 0.3) is 0 Å². The van der Waals surface area contributed by atoms with E-state index < -0.39 is 5.97 Å². The summed E-state index contributed by atoms with van der Waals surface area (Å²) in [7, 11) is 3.32. The summed E-state index contributed by atoms with van der Waals surface area (Å²) in [6.45, 7) is 1.33. The summed E-state index contributed by atoms with van der Waals surface area (Å²) in [6.07, 6.45) is 0. The normalized spacial score (nSPS) is 10.2. The van der Waals surface area contributed by atoms with Gasteiger partial charge in [-0.15, -0.1) is 0 Å². The molecule has 0 aliphatic rings. The molecule has 0 spiro atoms. The van der Waals surface area contributed by atoms with Crippen molar-refractivity contribution in [3.05, 3.63) is 34.8 Å². The van der Waals surface area contributed by atoms with Crippen molar-refractivity contribution in [1.29, 1.82) is 0 Å². The van der Waals surface area contributed by atoms with E-state index in [2.05, 4.69) is 4.98 Å². The molecule has 0 amide bonds. The maximum Gasteiger partial charge on any atom is 0.356 e. The summed E-state index contributed by atoms with van der Waals surface area (Å²) in [4.78, 5) is 28.6. The Morgan fingerprint density at radius 3 is 2.62 bits per heavy atom. The van der Waals surface area contributed by atoms with E-state index in [0.717, 1.165) is 17.0 Å². The number of hydrogen-bond acceptors (Lipinski definition) is 6. The van der Waals surface area contributed by atoms with Gasteiger partial charge in [0.15, 0.2) is 16.6 Å². The summed E-state index contributed by atoms with van der Waals surface area (Å²) in [5.74, 6) is -0.835. The summed E-state index contributed by atoms with van der Waals surface area (Å²) >= 11 is 1.06. The molecule has 1 aromatic heterocycles. The number of hydrogen-bond donors (Lipinski definition) is 1. The van der Waals surface area contributed by atoms with E-state index in [9.17, 15) is 9.59 Å². The highest BCUT2D eigenvalue weighted by atomic mass is 32.1. The Morgan fingerprint density at radius 1 is 1.38 bits per heavy atom. The van der Waals surface area contributed by atoms with E-state index in [0.29, 0.717) is 10.9 Å². The van der Waals surface area contributed by atoms with Crippen molar-refractivity contribution in [3.63, 3.8) is 0 Å². The van der Waals surface area contributed by atoms with Crippen LogP contribution < -0.4 is 9.64 Å². The van der Waals surface area contributed by atoms with Gasteiger partial charge in [-0.1, -0.05) is 17.4 Å². The van der Waals surface area contributed by atoms with Crippen LogP contribution in [0.4, 0.5) is 10.8 Å². The Bertz CT molecular complexity index is 665. The fraction of sp³-hybridized carbons (Fsp3) is 0.214. The van der Waals surface area contributed by atoms with E-state index in [1.54, 1.807) is 25.1 Å². The van der Waals surface area contributed by atoms with E-state index in [-0.39, 0.29) is 16.4 Å². The Balaban J connectivity index is 2.43. The molecule has 0 fully saturated rings. The molecule has 0 aliphatic heterocycles. The Labute approximate surface area is 125 Å². The number of aromatic carboxylic acids is 1. The number of nitrogens with zero attached hydrogens (tertiary/aromatic N) is 2. The van der Waals surface area contributed by atoms with Crippen molar-refractivity contribution in [1.82, 2.24) is 4.98 Å². The topological polar surface area (TPSA) is 79.7 Å². The number of anilines is 2. The largest absolute Gasteiger partial charge is 0.497 e. The second-order valence-corrected chi connectivity index (χ2v) is 5.27. The number of carboxylic acids is 1. The lowest BCUT2D eigenvalue weighted by atomic mass is 10.3. The van der Waals surface area contributed by atoms with Gasteiger partial charge in [0, 0.05) is 25.7 Å². The second kappa shape index (κ2) is 5.92. The molecule has 0 bridgehead atoms. The van der Waals surface area contributed by atoms with Gasteiger partial charge in [0.2, 0.25) is 0 Å². The maximum absolute atomic E-state index is 11.5. The smallest absolute Gasteiger partial charge is 0.356 e. The van der Waals surface area contributed by atoms with E-state index >= 15 is 0 Å². The number of carboxylic acid groups (broad SMARTS) is 1. The zero-order valence-electron chi connectivity index (χ0n) is 11.8. The second-order valence-electron chi connectivity index (χ2n) is 4.30. The lowest BCUT2D eigenvalue weighted by Crippen LogP contribution is -2.10. The SMILES string of the molecule is COc1cccc(N(C)c2nc(C(=O)O)c(C(C)=O)s2)c1. The van der Waals surface area contributed by atoms with Crippen LogP contribution in [0.15, 0.2) is 24.3 Å². The number of benzene rings is 1. The first-order chi connectivity index (χ1) is 9.93. The van der Waals surface area contributed by atoms with E-state index in [4.69, 9.17) is 9.84 Å². The predicted molar refractivity (Wildman–Crippen MR) is 80.1 cm³/mol. The first-order valence-corrected chi connectivity index (χ1v) is 6.88. The monoisotopic (exact) mass is 306 g/mol. The molecule has 110 valence electrons. The number of aromatic nitrogens is 1. The molecule has 1 aromatic carbocycles. The van der Waals surface area contributed by atoms with Gasteiger partial charge in [0.05, 0.1) is 7.11 Å². The minimum absolute atomic E-state index is 0.146. The van der Waals surface area contributed by atoms with Gasteiger partial charge >= 0.3 is 5.97 Å². The predicted octanol–water partition coefficient (Wildman–Crippen LogP) is 2.82. The average Bonchev–Trinajstić information content (AvgIpc) is 2.92. The van der Waals surface area contributed by atoms with Crippen molar-refractivity contribution >= 4 is 33.9 Å².